The summed E-state index contributed by atoms with van der Waals surface area (Å²) in [5.41, 5.74) is 5.79. The first-order valence-corrected chi connectivity index (χ1v) is 7.36. The lowest BCUT2D eigenvalue weighted by Crippen LogP contribution is -2.45. The number of nitrogens with one attached hydrogen (secondary N) is 2. The number of hydrogen-bond acceptors (Lipinski definition) is 4. The van der Waals surface area contributed by atoms with Crippen LogP contribution in [-0.4, -0.2) is 44.8 Å². The maximum Gasteiger partial charge on any atom is 0.255 e. The second kappa shape index (κ2) is 11.1. The highest BCUT2D eigenvalue weighted by molar-refractivity contribution is 14.0. The van der Waals surface area contributed by atoms with Crippen LogP contribution in [0.25, 0.3) is 0 Å². The van der Waals surface area contributed by atoms with Gasteiger partial charge in [0, 0.05) is 27.2 Å². The molecule has 8 heteroatoms. The Hall–Kier alpha value is -1.55. The molecule has 0 aliphatic heterocycles. The lowest BCUT2D eigenvalue weighted by molar-refractivity contribution is -0.119. The molecule has 0 radical (unpaired) electrons. The monoisotopic (exact) mass is 450 g/mol. The van der Waals surface area contributed by atoms with Crippen molar-refractivity contribution in [3.63, 3.8) is 0 Å². The summed E-state index contributed by atoms with van der Waals surface area (Å²) in [6.45, 7) is 5.05. The average molecular weight is 450 g/mol. The van der Waals surface area contributed by atoms with Crippen LogP contribution >= 0.6 is 24.0 Å². The van der Waals surface area contributed by atoms with Crippen molar-refractivity contribution in [2.45, 2.75) is 26.0 Å². The smallest absolute Gasteiger partial charge is 0.255 e. The number of hydrogen-bond donors (Lipinski definition) is 3. The zero-order chi connectivity index (χ0) is 17.3. The van der Waals surface area contributed by atoms with Crippen LogP contribution in [0.1, 0.15) is 19.4 Å². The SMILES string of the molecule is CN=C(NCc1cccc(OCC(N)=O)c1)NCC(C)(C)OC.I. The summed E-state index contributed by atoms with van der Waals surface area (Å²) in [7, 11) is 3.39. The number of ether oxygens (including phenoxy) is 2. The van der Waals surface area contributed by atoms with Crippen LogP contribution in [-0.2, 0) is 16.1 Å². The van der Waals surface area contributed by atoms with E-state index in [0.717, 1.165) is 5.56 Å². The zero-order valence-corrected chi connectivity index (χ0v) is 16.9. The minimum absolute atomic E-state index is 0. The standard InChI is InChI=1S/C16H26N4O3.HI/c1-16(2,22-4)11-20-15(18-3)19-9-12-6-5-7-13(8-12)23-10-14(17)21;/h5-8H,9-11H2,1-4H3,(H2,17,21)(H2,18,19,20);1H. The van der Waals surface area contributed by atoms with Gasteiger partial charge in [-0.15, -0.1) is 24.0 Å². The molecule has 0 saturated carbocycles. The molecule has 0 aliphatic carbocycles. The van der Waals surface area contributed by atoms with E-state index in [-0.39, 0.29) is 36.2 Å². The van der Waals surface area contributed by atoms with E-state index >= 15 is 0 Å². The van der Waals surface area contributed by atoms with E-state index in [1.165, 1.54) is 0 Å². The van der Waals surface area contributed by atoms with E-state index in [1.54, 1.807) is 20.2 Å². The first kappa shape index (κ1) is 22.4. The summed E-state index contributed by atoms with van der Waals surface area (Å²) in [4.78, 5) is 14.9. The molecule has 1 aromatic rings. The number of carbonyl (C=O) groups is 1. The van der Waals surface area contributed by atoms with Crippen molar-refractivity contribution >= 4 is 35.8 Å². The number of nitrogens with zero attached hydrogens (tertiary/aromatic N) is 1. The topological polar surface area (TPSA) is 98.0 Å². The van der Waals surface area contributed by atoms with Gasteiger partial charge in [-0.1, -0.05) is 12.1 Å². The highest BCUT2D eigenvalue weighted by atomic mass is 127. The van der Waals surface area contributed by atoms with Crippen molar-refractivity contribution in [3.8, 4) is 5.75 Å². The fourth-order valence-corrected chi connectivity index (χ4v) is 1.67. The molecule has 7 nitrogen and oxygen atoms in total. The first-order valence-electron chi connectivity index (χ1n) is 7.36. The Bertz CT molecular complexity index is 550. The molecule has 24 heavy (non-hydrogen) atoms. The fraction of sp³-hybridized carbons (Fsp3) is 0.500. The molecule has 0 spiro atoms. The largest absolute Gasteiger partial charge is 0.484 e. The number of halogens is 1. The number of primary amides is 1. The van der Waals surface area contributed by atoms with Crippen LogP contribution in [0.3, 0.4) is 0 Å². The van der Waals surface area contributed by atoms with Crippen LogP contribution in [0.15, 0.2) is 29.3 Å². The molecule has 1 rings (SSSR count). The molecule has 0 bridgehead atoms. The Morgan fingerprint density at radius 1 is 1.33 bits per heavy atom. The lowest BCUT2D eigenvalue weighted by atomic mass is 10.1. The minimum Gasteiger partial charge on any atom is -0.484 e. The van der Waals surface area contributed by atoms with E-state index in [9.17, 15) is 4.79 Å². The molecule has 136 valence electrons. The van der Waals surface area contributed by atoms with Gasteiger partial charge in [0.15, 0.2) is 12.6 Å². The summed E-state index contributed by atoms with van der Waals surface area (Å²) in [6, 6.07) is 7.44. The normalized spacial score (nSPS) is 11.4. The first-order chi connectivity index (χ1) is 10.9. The van der Waals surface area contributed by atoms with Gasteiger partial charge in [0.25, 0.3) is 5.91 Å². The van der Waals surface area contributed by atoms with Gasteiger partial charge in [-0.25, -0.2) is 0 Å². The van der Waals surface area contributed by atoms with Gasteiger partial charge in [-0.2, -0.15) is 0 Å². The van der Waals surface area contributed by atoms with E-state index in [1.807, 2.05) is 32.0 Å². The Balaban J connectivity index is 0.00000529. The number of rotatable bonds is 8. The third kappa shape index (κ3) is 8.92. The molecule has 1 amide bonds. The van der Waals surface area contributed by atoms with Gasteiger partial charge in [0.2, 0.25) is 0 Å². The molecular weight excluding hydrogens is 423 g/mol. The number of methoxy groups -OCH3 is 1. The van der Waals surface area contributed by atoms with Crippen LogP contribution in [0.5, 0.6) is 5.75 Å². The van der Waals surface area contributed by atoms with Crippen molar-refractivity contribution in [1.82, 2.24) is 10.6 Å². The predicted molar refractivity (Wildman–Crippen MR) is 106 cm³/mol. The van der Waals surface area contributed by atoms with Crippen molar-refractivity contribution in [2.24, 2.45) is 10.7 Å². The predicted octanol–water partition coefficient (Wildman–Crippen LogP) is 1.26. The highest BCUT2D eigenvalue weighted by Gasteiger charge is 2.16. The molecule has 0 fully saturated rings. The molecule has 4 N–H and O–H groups in total. The van der Waals surface area contributed by atoms with Crippen LogP contribution in [0.2, 0.25) is 0 Å². The molecule has 0 unspecified atom stereocenters. The minimum atomic E-state index is -0.501. The summed E-state index contributed by atoms with van der Waals surface area (Å²) in [6.07, 6.45) is 0. The molecule has 0 aromatic heterocycles. The van der Waals surface area contributed by atoms with Crippen molar-refractivity contribution in [1.29, 1.82) is 0 Å². The number of nitrogens with two attached hydrogens (primary N) is 1. The maximum atomic E-state index is 10.7. The average Bonchev–Trinajstić information content (AvgIpc) is 2.53. The molecule has 1 aromatic carbocycles. The van der Waals surface area contributed by atoms with Crippen molar-refractivity contribution in [3.05, 3.63) is 29.8 Å². The van der Waals surface area contributed by atoms with E-state index in [2.05, 4.69) is 15.6 Å². The van der Waals surface area contributed by atoms with E-state index in [4.69, 9.17) is 15.2 Å². The molecular formula is C16H27IN4O3. The zero-order valence-electron chi connectivity index (χ0n) is 14.6. The number of aliphatic imine (C=N–C) groups is 1. The third-order valence-electron chi connectivity index (χ3n) is 3.20. The molecule has 0 atom stereocenters. The quantitative estimate of drug-likeness (QED) is 0.315. The van der Waals surface area contributed by atoms with Gasteiger partial charge in [0.05, 0.1) is 5.60 Å². The number of guanidine groups is 1. The summed E-state index contributed by atoms with van der Waals surface area (Å²) < 4.78 is 10.6. The Kier molecular flexibility index (Phi) is 10.4. The maximum absolute atomic E-state index is 10.7. The van der Waals surface area contributed by atoms with Crippen LogP contribution in [0.4, 0.5) is 0 Å². The second-order valence-corrected chi connectivity index (χ2v) is 5.65. The van der Waals surface area contributed by atoms with Gasteiger partial charge >= 0.3 is 0 Å². The second-order valence-electron chi connectivity index (χ2n) is 5.65. The third-order valence-corrected chi connectivity index (χ3v) is 3.20. The van der Waals surface area contributed by atoms with Crippen LogP contribution in [0, 0.1) is 0 Å². The van der Waals surface area contributed by atoms with Gasteiger partial charge in [-0.05, 0) is 31.5 Å². The molecule has 0 aliphatic rings. The Morgan fingerprint density at radius 3 is 2.62 bits per heavy atom. The molecule has 0 heterocycles. The number of carbonyl (C=O) groups excluding carboxylic acids is 1. The van der Waals surface area contributed by atoms with Gasteiger partial charge < -0.3 is 25.8 Å². The van der Waals surface area contributed by atoms with E-state index < -0.39 is 5.91 Å². The number of amides is 1. The van der Waals surface area contributed by atoms with Crippen molar-refractivity contribution < 1.29 is 14.3 Å². The lowest BCUT2D eigenvalue weighted by Gasteiger charge is -2.24. The Morgan fingerprint density at radius 2 is 2.04 bits per heavy atom. The highest BCUT2D eigenvalue weighted by Crippen LogP contribution is 2.13. The summed E-state index contributed by atoms with van der Waals surface area (Å²) >= 11 is 0. The van der Waals surface area contributed by atoms with Crippen molar-refractivity contribution in [2.75, 3.05) is 27.3 Å². The number of benzene rings is 1. The van der Waals surface area contributed by atoms with E-state index in [0.29, 0.717) is 24.8 Å². The summed E-state index contributed by atoms with van der Waals surface area (Å²) in [5, 5.41) is 6.42. The van der Waals surface area contributed by atoms with Crippen LogP contribution < -0.4 is 21.1 Å². The summed E-state index contributed by atoms with van der Waals surface area (Å²) in [5.74, 6) is 0.782. The molecule has 0 saturated heterocycles. The fourth-order valence-electron chi connectivity index (χ4n) is 1.67. The van der Waals surface area contributed by atoms with Gasteiger partial charge in [-0.3, -0.25) is 9.79 Å². The Labute approximate surface area is 160 Å². The van der Waals surface area contributed by atoms with Gasteiger partial charge in [0.1, 0.15) is 5.75 Å².